The summed E-state index contributed by atoms with van der Waals surface area (Å²) in [6.45, 7) is 14.4. The number of likely N-dealkylation sites (tertiary alicyclic amines) is 1. The van der Waals surface area contributed by atoms with Crippen molar-refractivity contribution in [3.05, 3.63) is 98.8 Å². The van der Waals surface area contributed by atoms with Crippen LogP contribution in [0.1, 0.15) is 108 Å². The summed E-state index contributed by atoms with van der Waals surface area (Å²) < 4.78 is 6.55. The van der Waals surface area contributed by atoms with Crippen molar-refractivity contribution in [3.8, 4) is 11.8 Å². The highest BCUT2D eigenvalue weighted by Crippen LogP contribution is 2.41. The summed E-state index contributed by atoms with van der Waals surface area (Å²) in [5.41, 5.74) is 21.3. The van der Waals surface area contributed by atoms with E-state index in [9.17, 15) is 19.5 Å². The highest BCUT2D eigenvalue weighted by molar-refractivity contribution is 5.98. The Morgan fingerprint density at radius 1 is 1.16 bits per heavy atom. The summed E-state index contributed by atoms with van der Waals surface area (Å²) in [7, 11) is 0. The van der Waals surface area contributed by atoms with Gasteiger partial charge in [-0.2, -0.15) is 0 Å². The van der Waals surface area contributed by atoms with Crippen LogP contribution in [0.15, 0.2) is 54.0 Å². The number of rotatable bonds is 13. The van der Waals surface area contributed by atoms with Gasteiger partial charge in [0.15, 0.2) is 0 Å². The average molecular weight is 792 g/mol. The lowest BCUT2D eigenvalue weighted by Crippen LogP contribution is -2.55. The molecule has 2 fully saturated rings. The molecular formula is C44H57N9O5. The van der Waals surface area contributed by atoms with Gasteiger partial charge < -0.3 is 36.4 Å². The van der Waals surface area contributed by atoms with Crippen molar-refractivity contribution in [1.82, 2.24) is 35.3 Å². The summed E-state index contributed by atoms with van der Waals surface area (Å²) in [6, 6.07) is 12.1. The number of para-hydroxylation sites is 1. The molecule has 3 unspecified atom stereocenters. The minimum Gasteiger partial charge on any atom is -0.507 e. The van der Waals surface area contributed by atoms with Crippen LogP contribution in [0, 0.1) is 20.8 Å². The highest BCUT2D eigenvalue weighted by Gasteiger charge is 2.49. The Morgan fingerprint density at radius 2 is 1.90 bits per heavy atom. The van der Waals surface area contributed by atoms with Gasteiger partial charge in [-0.25, -0.2) is 9.97 Å². The number of fused-ring (bicyclic) bond motifs is 2. The zero-order valence-corrected chi connectivity index (χ0v) is 34.3. The number of nitrogens with zero attached hydrogens (tertiary/aromatic N) is 5. The molecule has 1 aromatic heterocycles. The first-order chi connectivity index (χ1) is 27.8. The van der Waals surface area contributed by atoms with Gasteiger partial charge in [-0.15, -0.1) is 0 Å². The van der Waals surface area contributed by atoms with Crippen molar-refractivity contribution in [1.29, 1.82) is 0 Å². The number of carbonyl (C=O) groups excluding carboxylic acids is 3. The molecule has 3 atom stereocenters. The zero-order valence-electron chi connectivity index (χ0n) is 34.3. The second kappa shape index (κ2) is 16.7. The van der Waals surface area contributed by atoms with Crippen LogP contribution < -0.4 is 26.8 Å². The Bertz CT molecular complexity index is 2120. The van der Waals surface area contributed by atoms with Crippen molar-refractivity contribution < 1.29 is 24.2 Å². The number of aromatic nitrogens is 2. The molecule has 0 aliphatic carbocycles. The number of ether oxygens (including phenoxy) is 1. The third-order valence-electron chi connectivity index (χ3n) is 12.9. The summed E-state index contributed by atoms with van der Waals surface area (Å²) in [5, 5.41) is 16.3. The van der Waals surface area contributed by atoms with E-state index in [1.54, 1.807) is 6.07 Å². The number of aromatic hydroxyl groups is 1. The molecule has 0 spiro atoms. The van der Waals surface area contributed by atoms with E-state index < -0.39 is 0 Å². The number of hydrogen-bond donors (Lipinski definition) is 5. The number of allylic oxidation sites excluding steroid dienone is 1. The van der Waals surface area contributed by atoms with Crippen molar-refractivity contribution in [2.45, 2.75) is 110 Å². The fourth-order valence-corrected chi connectivity index (χ4v) is 9.20. The molecule has 0 saturated carbocycles. The van der Waals surface area contributed by atoms with Gasteiger partial charge in [0, 0.05) is 72.3 Å². The molecule has 2 aromatic carbocycles. The van der Waals surface area contributed by atoms with E-state index in [2.05, 4.69) is 45.6 Å². The molecule has 14 nitrogen and oxygen atoms in total. The predicted octanol–water partition coefficient (Wildman–Crippen LogP) is 4.22. The molecule has 4 aliphatic rings. The maximum absolute atomic E-state index is 13.4. The monoisotopic (exact) mass is 791 g/mol. The number of nitrogens with two attached hydrogens (primary N) is 2. The molecule has 3 aromatic rings. The Balaban J connectivity index is 0.959. The van der Waals surface area contributed by atoms with Crippen LogP contribution in [0.25, 0.3) is 5.70 Å². The third-order valence-corrected chi connectivity index (χ3v) is 12.9. The number of piperidine rings is 1. The fourth-order valence-electron chi connectivity index (χ4n) is 9.20. The van der Waals surface area contributed by atoms with Gasteiger partial charge in [0.1, 0.15) is 17.7 Å². The first kappa shape index (κ1) is 40.6. The van der Waals surface area contributed by atoms with Crippen LogP contribution in [0.5, 0.6) is 11.8 Å². The van der Waals surface area contributed by atoms with E-state index in [4.69, 9.17) is 26.2 Å². The lowest BCUT2D eigenvalue weighted by molar-refractivity contribution is -0.125. The Kier molecular flexibility index (Phi) is 11.7. The van der Waals surface area contributed by atoms with E-state index in [0.717, 1.165) is 84.7 Å². The first-order valence-electron chi connectivity index (χ1n) is 20.5. The maximum atomic E-state index is 13.4. The highest BCUT2D eigenvalue weighted by atomic mass is 16.5. The molecule has 7 N–H and O–H groups in total. The van der Waals surface area contributed by atoms with Crippen molar-refractivity contribution in [2.24, 2.45) is 11.5 Å². The van der Waals surface area contributed by atoms with E-state index in [-0.39, 0.29) is 41.7 Å². The molecule has 14 heteroatoms. The van der Waals surface area contributed by atoms with Crippen molar-refractivity contribution in [2.75, 3.05) is 26.2 Å². The van der Waals surface area contributed by atoms with Gasteiger partial charge in [0.05, 0.1) is 17.8 Å². The molecule has 2 saturated heterocycles. The van der Waals surface area contributed by atoms with Gasteiger partial charge >= 0.3 is 6.01 Å². The minimum atomic E-state index is -0.334. The van der Waals surface area contributed by atoms with E-state index in [0.29, 0.717) is 61.5 Å². The number of phenolic OH excluding ortho intramolecular Hbond substituents is 1. The molecule has 0 radical (unpaired) electrons. The van der Waals surface area contributed by atoms with Crippen LogP contribution >= 0.6 is 0 Å². The maximum Gasteiger partial charge on any atom is 0.317 e. The largest absolute Gasteiger partial charge is 0.507 e. The molecule has 58 heavy (non-hydrogen) atoms. The van der Waals surface area contributed by atoms with Crippen LogP contribution in [0.4, 0.5) is 0 Å². The van der Waals surface area contributed by atoms with E-state index >= 15 is 0 Å². The fraction of sp³-hybridized carbons (Fsp3) is 0.477. The normalized spacial score (nSPS) is 21.8. The standard InChI is InChI=1S/C44H57N9O5/c1-6-44-20-33(22-53(44)38(41(46)47-24-44)19-37(45)34-9-7-8-26(2)40(34)56)58-43-49-28(4)36(29(5)50-43)23-51-16-14-30(15-17-51)31-11-12-32-21-52(42(57)35(32)18-31)27(3)10-13-39(55)48-25-54/h7-9,11-12,18-19,25,27,30,33,47,56H,6,10,13-17,20-24,45-46H2,1-5H3,(H,48,54,55)/b37-19-. The van der Waals surface area contributed by atoms with Crippen LogP contribution in [0.2, 0.25) is 0 Å². The number of benzene rings is 2. The lowest BCUT2D eigenvalue weighted by Gasteiger charge is -2.44. The second-order valence-corrected chi connectivity index (χ2v) is 16.5. The number of carbonyl (C=O) groups is 3. The number of nitrogens with one attached hydrogen (secondary N) is 2. The van der Waals surface area contributed by atoms with Crippen molar-refractivity contribution >= 4 is 23.9 Å². The molecule has 7 rings (SSSR count). The van der Waals surface area contributed by atoms with Gasteiger partial charge in [0.25, 0.3) is 5.91 Å². The van der Waals surface area contributed by atoms with Gasteiger partial charge in [-0.3, -0.25) is 24.6 Å². The number of phenols is 1. The molecule has 308 valence electrons. The third kappa shape index (κ3) is 8.07. The second-order valence-electron chi connectivity index (χ2n) is 16.5. The molecule has 5 heterocycles. The number of amides is 3. The van der Waals surface area contributed by atoms with Crippen LogP contribution in [-0.2, 0) is 22.7 Å². The Hall–Kier alpha value is -5.63. The minimum absolute atomic E-state index is 0.00560. The smallest absolute Gasteiger partial charge is 0.317 e. The summed E-state index contributed by atoms with van der Waals surface area (Å²) in [4.78, 5) is 52.0. The molecular weight excluding hydrogens is 735 g/mol. The predicted molar refractivity (Wildman–Crippen MR) is 221 cm³/mol. The summed E-state index contributed by atoms with van der Waals surface area (Å²) in [5.74, 6) is 0.730. The van der Waals surface area contributed by atoms with Gasteiger partial charge in [0.2, 0.25) is 12.3 Å². The van der Waals surface area contributed by atoms with Crippen LogP contribution in [0.3, 0.4) is 0 Å². The summed E-state index contributed by atoms with van der Waals surface area (Å²) >= 11 is 0. The van der Waals surface area contributed by atoms with Gasteiger partial charge in [-0.1, -0.05) is 31.2 Å². The molecule has 4 aliphatic heterocycles. The van der Waals surface area contributed by atoms with Crippen LogP contribution in [-0.4, -0.2) is 91.9 Å². The van der Waals surface area contributed by atoms with Crippen molar-refractivity contribution in [3.63, 3.8) is 0 Å². The molecule has 0 bridgehead atoms. The number of aryl methyl sites for hydroxylation is 3. The van der Waals surface area contributed by atoms with E-state index in [1.165, 1.54) is 5.56 Å². The van der Waals surface area contributed by atoms with E-state index in [1.807, 2.05) is 50.8 Å². The Morgan fingerprint density at radius 3 is 2.60 bits per heavy atom. The zero-order chi connectivity index (χ0) is 41.3. The quantitative estimate of drug-likeness (QED) is 0.155. The SMILES string of the molecule is CCC12CNC(N)=C(/C=C(\N)c3cccc(C)c3O)N1CC(Oc1nc(C)c(CN3CCC(c4ccc5c(c4)C(=O)N(C(C)CCC(=O)NC=O)C5)CC3)c(C)n1)C2. The number of imide groups is 1. The average Bonchev–Trinajstić information content (AvgIpc) is 3.75. The summed E-state index contributed by atoms with van der Waals surface area (Å²) in [6.07, 6.45) is 6.35. The topological polar surface area (TPSA) is 192 Å². The lowest BCUT2D eigenvalue weighted by atomic mass is 9.87. The molecule has 3 amide bonds. The Labute approximate surface area is 340 Å². The first-order valence-corrected chi connectivity index (χ1v) is 20.5. The number of hydrogen-bond acceptors (Lipinski definition) is 12. The van der Waals surface area contributed by atoms with Gasteiger partial charge in [-0.05, 0) is 107 Å².